The standard InChI is InChI=1S/C24H36N2O2/c1-3-5-7-9-10-12-19-27-22-15-13-21(14-16-22)24-25-18-17-23(26-24)28-20-11-8-6-4-2/h13-18H,3-12,19-20H2,1-2H3. The molecule has 0 spiro atoms. The highest BCUT2D eigenvalue weighted by molar-refractivity contribution is 5.56. The van der Waals surface area contributed by atoms with Crippen LogP contribution in [0.15, 0.2) is 36.5 Å². The van der Waals surface area contributed by atoms with Crippen molar-refractivity contribution < 1.29 is 9.47 Å². The van der Waals surface area contributed by atoms with Crippen LogP contribution in [0.5, 0.6) is 11.6 Å². The first-order chi connectivity index (χ1) is 13.8. The average molecular weight is 385 g/mol. The minimum absolute atomic E-state index is 0.643. The molecule has 0 radical (unpaired) electrons. The maximum absolute atomic E-state index is 5.85. The number of hydrogen-bond acceptors (Lipinski definition) is 4. The summed E-state index contributed by atoms with van der Waals surface area (Å²) in [7, 11) is 0. The molecule has 0 aliphatic carbocycles. The summed E-state index contributed by atoms with van der Waals surface area (Å²) in [6.07, 6.45) is 14.2. The summed E-state index contributed by atoms with van der Waals surface area (Å²) >= 11 is 0. The zero-order chi connectivity index (χ0) is 19.9. The fraction of sp³-hybridized carbons (Fsp3) is 0.583. The molecular formula is C24H36N2O2. The minimum atomic E-state index is 0.643. The second kappa shape index (κ2) is 14.0. The molecule has 2 rings (SSSR count). The molecule has 0 N–H and O–H groups in total. The number of rotatable bonds is 15. The van der Waals surface area contributed by atoms with Gasteiger partial charge >= 0.3 is 0 Å². The third-order valence-corrected chi connectivity index (χ3v) is 4.76. The van der Waals surface area contributed by atoms with E-state index < -0.39 is 0 Å². The molecule has 0 bridgehead atoms. The van der Waals surface area contributed by atoms with Crippen LogP contribution in [0.2, 0.25) is 0 Å². The Morgan fingerprint density at radius 1 is 0.679 bits per heavy atom. The van der Waals surface area contributed by atoms with Crippen LogP contribution in [-0.2, 0) is 0 Å². The van der Waals surface area contributed by atoms with Crippen molar-refractivity contribution in [3.05, 3.63) is 36.5 Å². The maximum atomic E-state index is 5.85. The van der Waals surface area contributed by atoms with Gasteiger partial charge in [0.25, 0.3) is 0 Å². The van der Waals surface area contributed by atoms with Crippen molar-refractivity contribution in [2.24, 2.45) is 0 Å². The molecule has 0 saturated carbocycles. The number of aromatic nitrogens is 2. The van der Waals surface area contributed by atoms with Crippen molar-refractivity contribution in [2.45, 2.75) is 78.1 Å². The van der Waals surface area contributed by atoms with Crippen molar-refractivity contribution in [1.82, 2.24) is 9.97 Å². The lowest BCUT2D eigenvalue weighted by atomic mass is 10.1. The van der Waals surface area contributed by atoms with Gasteiger partial charge in [0.1, 0.15) is 5.75 Å². The van der Waals surface area contributed by atoms with E-state index in [1.54, 1.807) is 6.20 Å². The molecule has 0 saturated heterocycles. The largest absolute Gasteiger partial charge is 0.494 e. The van der Waals surface area contributed by atoms with E-state index in [0.29, 0.717) is 18.3 Å². The van der Waals surface area contributed by atoms with Crippen LogP contribution in [-0.4, -0.2) is 23.2 Å². The Morgan fingerprint density at radius 3 is 2.00 bits per heavy atom. The monoisotopic (exact) mass is 384 g/mol. The molecule has 0 atom stereocenters. The van der Waals surface area contributed by atoms with Gasteiger partial charge in [-0.3, -0.25) is 0 Å². The topological polar surface area (TPSA) is 44.2 Å². The zero-order valence-corrected chi connectivity index (χ0v) is 17.7. The van der Waals surface area contributed by atoms with E-state index in [9.17, 15) is 0 Å². The quantitative estimate of drug-likeness (QED) is 0.315. The van der Waals surface area contributed by atoms with Crippen LogP contribution in [0.25, 0.3) is 11.4 Å². The first kappa shape index (κ1) is 22.2. The minimum Gasteiger partial charge on any atom is -0.494 e. The molecule has 0 aliphatic rings. The van der Waals surface area contributed by atoms with Gasteiger partial charge in [-0.15, -0.1) is 0 Å². The maximum Gasteiger partial charge on any atom is 0.216 e. The number of benzene rings is 1. The Bertz CT molecular complexity index is 643. The van der Waals surface area contributed by atoms with Gasteiger partial charge in [0.05, 0.1) is 13.2 Å². The molecule has 28 heavy (non-hydrogen) atoms. The van der Waals surface area contributed by atoms with Gasteiger partial charge in [0.15, 0.2) is 5.82 Å². The number of unbranched alkanes of at least 4 members (excludes halogenated alkanes) is 8. The van der Waals surface area contributed by atoms with Crippen molar-refractivity contribution in [2.75, 3.05) is 13.2 Å². The molecule has 4 nitrogen and oxygen atoms in total. The first-order valence-corrected chi connectivity index (χ1v) is 11.0. The molecule has 1 aromatic heterocycles. The Hall–Kier alpha value is -2.10. The predicted octanol–water partition coefficient (Wildman–Crippen LogP) is 6.84. The van der Waals surface area contributed by atoms with Gasteiger partial charge in [-0.2, -0.15) is 4.98 Å². The van der Waals surface area contributed by atoms with Gasteiger partial charge in [-0.25, -0.2) is 4.98 Å². The summed E-state index contributed by atoms with van der Waals surface area (Å²) in [6, 6.07) is 9.83. The van der Waals surface area contributed by atoms with Crippen LogP contribution in [0.1, 0.15) is 78.1 Å². The lowest BCUT2D eigenvalue weighted by molar-refractivity contribution is 0.293. The van der Waals surface area contributed by atoms with E-state index in [-0.39, 0.29) is 0 Å². The first-order valence-electron chi connectivity index (χ1n) is 11.0. The normalized spacial score (nSPS) is 10.8. The van der Waals surface area contributed by atoms with E-state index in [2.05, 4.69) is 23.8 Å². The molecule has 1 heterocycles. The lowest BCUT2D eigenvalue weighted by Crippen LogP contribution is -2.00. The van der Waals surface area contributed by atoms with Gasteiger partial charge < -0.3 is 9.47 Å². The summed E-state index contributed by atoms with van der Waals surface area (Å²) in [5.74, 6) is 2.24. The average Bonchev–Trinajstić information content (AvgIpc) is 2.74. The highest BCUT2D eigenvalue weighted by Gasteiger charge is 2.04. The van der Waals surface area contributed by atoms with Crippen LogP contribution in [0.3, 0.4) is 0 Å². The van der Waals surface area contributed by atoms with Crippen LogP contribution >= 0.6 is 0 Å². The Morgan fingerprint density at radius 2 is 1.29 bits per heavy atom. The van der Waals surface area contributed by atoms with E-state index in [1.165, 1.54) is 51.4 Å². The fourth-order valence-corrected chi connectivity index (χ4v) is 3.04. The van der Waals surface area contributed by atoms with Crippen molar-refractivity contribution in [3.63, 3.8) is 0 Å². The summed E-state index contributed by atoms with van der Waals surface area (Å²) in [5, 5.41) is 0. The lowest BCUT2D eigenvalue weighted by Gasteiger charge is -2.08. The summed E-state index contributed by atoms with van der Waals surface area (Å²) in [5.41, 5.74) is 0.975. The van der Waals surface area contributed by atoms with Crippen molar-refractivity contribution in [3.8, 4) is 23.0 Å². The second-order valence-electron chi connectivity index (χ2n) is 7.27. The van der Waals surface area contributed by atoms with E-state index in [0.717, 1.165) is 30.8 Å². The van der Waals surface area contributed by atoms with Crippen LogP contribution < -0.4 is 9.47 Å². The smallest absolute Gasteiger partial charge is 0.216 e. The Kier molecular flexibility index (Phi) is 11.1. The molecule has 4 heteroatoms. The Labute approximate surface area is 170 Å². The number of ether oxygens (including phenoxy) is 2. The van der Waals surface area contributed by atoms with E-state index in [1.807, 2.05) is 30.3 Å². The van der Waals surface area contributed by atoms with E-state index >= 15 is 0 Å². The van der Waals surface area contributed by atoms with Crippen molar-refractivity contribution in [1.29, 1.82) is 0 Å². The van der Waals surface area contributed by atoms with E-state index in [4.69, 9.17) is 9.47 Å². The molecular weight excluding hydrogens is 348 g/mol. The molecule has 154 valence electrons. The molecule has 0 unspecified atom stereocenters. The number of hydrogen-bond donors (Lipinski definition) is 0. The van der Waals surface area contributed by atoms with Crippen LogP contribution in [0.4, 0.5) is 0 Å². The highest BCUT2D eigenvalue weighted by Crippen LogP contribution is 2.21. The summed E-state index contributed by atoms with van der Waals surface area (Å²) in [6.45, 7) is 5.95. The summed E-state index contributed by atoms with van der Waals surface area (Å²) < 4.78 is 11.6. The van der Waals surface area contributed by atoms with Crippen molar-refractivity contribution >= 4 is 0 Å². The Balaban J connectivity index is 1.75. The predicted molar refractivity (Wildman–Crippen MR) is 116 cm³/mol. The molecule has 0 amide bonds. The number of nitrogens with zero attached hydrogens (tertiary/aromatic N) is 2. The molecule has 0 aliphatic heterocycles. The highest BCUT2D eigenvalue weighted by atomic mass is 16.5. The molecule has 0 fully saturated rings. The second-order valence-corrected chi connectivity index (χ2v) is 7.27. The molecule has 1 aromatic carbocycles. The van der Waals surface area contributed by atoms with Gasteiger partial charge in [-0.05, 0) is 37.1 Å². The van der Waals surface area contributed by atoms with Gasteiger partial charge in [0.2, 0.25) is 5.88 Å². The van der Waals surface area contributed by atoms with Crippen LogP contribution in [0, 0.1) is 0 Å². The SMILES string of the molecule is CCCCCCCCOc1ccc(-c2nccc(OCCCCCC)n2)cc1. The third-order valence-electron chi connectivity index (χ3n) is 4.76. The zero-order valence-electron chi connectivity index (χ0n) is 17.7. The van der Waals surface area contributed by atoms with Gasteiger partial charge in [0, 0.05) is 17.8 Å². The third kappa shape index (κ3) is 8.73. The summed E-state index contributed by atoms with van der Waals surface area (Å²) in [4.78, 5) is 8.90. The molecule has 2 aromatic rings. The fourth-order valence-electron chi connectivity index (χ4n) is 3.04. The van der Waals surface area contributed by atoms with Gasteiger partial charge in [-0.1, -0.05) is 65.2 Å².